The third kappa shape index (κ3) is 10.7. The highest BCUT2D eigenvalue weighted by Crippen LogP contribution is 2.35. The van der Waals surface area contributed by atoms with Crippen molar-refractivity contribution in [2.24, 2.45) is 16.2 Å². The minimum Gasteiger partial charge on any atom is -0.493 e. The van der Waals surface area contributed by atoms with Gasteiger partial charge in [0.15, 0.2) is 34.6 Å². The average molecular weight is 781 g/mol. The van der Waals surface area contributed by atoms with Gasteiger partial charge in [-0.1, -0.05) is 84.9 Å². The van der Waals surface area contributed by atoms with Crippen LogP contribution in [0.15, 0.2) is 109 Å². The minimum absolute atomic E-state index is 0.0403. The lowest BCUT2D eigenvalue weighted by molar-refractivity contribution is -0.151. The Kier molecular flexibility index (Phi) is 15.2. The first-order chi connectivity index (χ1) is 27.3. The molecule has 0 saturated heterocycles. The van der Waals surface area contributed by atoms with E-state index in [4.69, 9.17) is 18.9 Å². The summed E-state index contributed by atoms with van der Waals surface area (Å²) >= 11 is 0. The summed E-state index contributed by atoms with van der Waals surface area (Å²) in [6, 6.07) is 27.6. The Bertz CT molecular complexity index is 1910. The van der Waals surface area contributed by atoms with E-state index in [-0.39, 0.29) is 35.8 Å². The van der Waals surface area contributed by atoms with Crippen molar-refractivity contribution in [1.82, 2.24) is 0 Å². The molecule has 0 unspecified atom stereocenters. The molecule has 0 spiro atoms. The lowest BCUT2D eigenvalue weighted by Gasteiger charge is -2.29. The SMILES string of the molecule is COc1cc(/C=C/C(=O)C(Cc2ccccc2)(Cc2ccccc2)C(=O)/C=C/c2ccc(OC(=O)C(C)(CO)CO)c(OC)c2)ccc1OC(=O)C(C)(CO)CO. The number of aliphatic hydroxyl groups is 4. The molecule has 4 rings (SSSR count). The van der Waals surface area contributed by atoms with Crippen molar-refractivity contribution < 1.29 is 58.6 Å². The molecule has 0 aliphatic heterocycles. The first-order valence-corrected chi connectivity index (χ1v) is 18.1. The van der Waals surface area contributed by atoms with Crippen molar-refractivity contribution in [3.63, 3.8) is 0 Å². The summed E-state index contributed by atoms with van der Waals surface area (Å²) in [4.78, 5) is 54.6. The van der Waals surface area contributed by atoms with Crippen LogP contribution in [0.3, 0.4) is 0 Å². The highest BCUT2D eigenvalue weighted by Gasteiger charge is 2.43. The average Bonchev–Trinajstić information content (AvgIpc) is 3.24. The van der Waals surface area contributed by atoms with Crippen LogP contribution in [0.2, 0.25) is 0 Å². The van der Waals surface area contributed by atoms with Gasteiger partial charge in [0.25, 0.3) is 0 Å². The van der Waals surface area contributed by atoms with E-state index in [1.54, 1.807) is 24.3 Å². The third-order valence-corrected chi connectivity index (χ3v) is 9.66. The maximum atomic E-state index is 14.6. The smallest absolute Gasteiger partial charge is 0.322 e. The Morgan fingerprint density at radius 1 is 0.526 bits per heavy atom. The summed E-state index contributed by atoms with van der Waals surface area (Å²) in [5.74, 6) is -2.28. The number of hydrogen-bond acceptors (Lipinski definition) is 12. The number of allylic oxidation sites excluding steroid dienone is 2. The first-order valence-electron chi connectivity index (χ1n) is 18.1. The topological polar surface area (TPSA) is 186 Å². The molecule has 0 fully saturated rings. The third-order valence-electron chi connectivity index (χ3n) is 9.66. The van der Waals surface area contributed by atoms with Crippen LogP contribution in [0.4, 0.5) is 0 Å². The summed E-state index contributed by atoms with van der Waals surface area (Å²) < 4.78 is 21.7. The summed E-state index contributed by atoms with van der Waals surface area (Å²) in [7, 11) is 2.75. The van der Waals surface area contributed by atoms with Crippen molar-refractivity contribution in [1.29, 1.82) is 0 Å². The number of rotatable bonds is 20. The largest absolute Gasteiger partial charge is 0.493 e. The van der Waals surface area contributed by atoms with Crippen molar-refractivity contribution in [2.75, 3.05) is 40.6 Å². The number of esters is 2. The molecule has 0 saturated carbocycles. The Morgan fingerprint density at radius 2 is 0.877 bits per heavy atom. The van der Waals surface area contributed by atoms with E-state index in [0.29, 0.717) is 11.1 Å². The molecule has 0 aliphatic carbocycles. The summed E-state index contributed by atoms with van der Waals surface area (Å²) in [6.45, 7) is 0.185. The van der Waals surface area contributed by atoms with Crippen LogP contribution in [0.5, 0.6) is 23.0 Å². The molecular weight excluding hydrogens is 732 g/mol. The summed E-state index contributed by atoms with van der Waals surface area (Å²) in [5, 5.41) is 38.4. The molecule has 4 aromatic carbocycles. The Hall–Kier alpha value is -5.92. The van der Waals surface area contributed by atoms with Gasteiger partial charge in [0, 0.05) is 0 Å². The molecule has 12 heteroatoms. The lowest BCUT2D eigenvalue weighted by Crippen LogP contribution is -2.42. The van der Waals surface area contributed by atoms with E-state index in [1.807, 2.05) is 60.7 Å². The van der Waals surface area contributed by atoms with Gasteiger partial charge in [-0.3, -0.25) is 19.2 Å². The predicted octanol–water partition coefficient (Wildman–Crippen LogP) is 4.83. The molecule has 300 valence electrons. The zero-order chi connectivity index (χ0) is 41.6. The molecule has 12 nitrogen and oxygen atoms in total. The molecule has 0 aliphatic rings. The molecule has 0 heterocycles. The fraction of sp³-hybridized carbons (Fsp3) is 0.289. The maximum Gasteiger partial charge on any atom is 0.322 e. The minimum atomic E-state index is -1.62. The monoisotopic (exact) mass is 780 g/mol. The number of ketones is 2. The fourth-order valence-electron chi connectivity index (χ4n) is 5.63. The van der Waals surface area contributed by atoms with E-state index in [0.717, 1.165) is 11.1 Å². The maximum absolute atomic E-state index is 14.6. The zero-order valence-electron chi connectivity index (χ0n) is 32.3. The van der Waals surface area contributed by atoms with Gasteiger partial charge in [-0.15, -0.1) is 0 Å². The van der Waals surface area contributed by atoms with Crippen LogP contribution in [0, 0.1) is 16.2 Å². The summed E-state index contributed by atoms with van der Waals surface area (Å²) in [6.07, 6.45) is 5.88. The van der Waals surface area contributed by atoms with E-state index < -0.39 is 66.2 Å². The number of aliphatic hydroxyl groups excluding tert-OH is 4. The second kappa shape index (κ2) is 19.8. The molecule has 0 aromatic heterocycles. The van der Waals surface area contributed by atoms with Crippen LogP contribution in [-0.4, -0.2) is 84.6 Å². The van der Waals surface area contributed by atoms with Gasteiger partial charge in [-0.2, -0.15) is 0 Å². The van der Waals surface area contributed by atoms with E-state index in [9.17, 15) is 39.6 Å². The molecule has 0 amide bonds. The van der Waals surface area contributed by atoms with Crippen LogP contribution in [0.25, 0.3) is 12.2 Å². The Morgan fingerprint density at radius 3 is 1.19 bits per heavy atom. The van der Waals surface area contributed by atoms with Gasteiger partial charge < -0.3 is 39.4 Å². The van der Waals surface area contributed by atoms with Crippen LogP contribution in [0.1, 0.15) is 36.1 Å². The normalized spacial score (nSPS) is 12.1. The van der Waals surface area contributed by atoms with Gasteiger partial charge in [0.1, 0.15) is 16.2 Å². The van der Waals surface area contributed by atoms with Gasteiger partial charge in [-0.05, 0) is 85.4 Å². The molecule has 4 N–H and O–H groups in total. The Labute approximate surface area is 331 Å². The molecule has 0 bridgehead atoms. The van der Waals surface area contributed by atoms with E-state index in [2.05, 4.69) is 0 Å². The first kappa shape index (κ1) is 43.8. The van der Waals surface area contributed by atoms with Crippen molar-refractivity contribution in [3.8, 4) is 23.0 Å². The van der Waals surface area contributed by atoms with Crippen molar-refractivity contribution in [3.05, 3.63) is 131 Å². The second-order valence-corrected chi connectivity index (χ2v) is 14.2. The zero-order valence-corrected chi connectivity index (χ0v) is 32.3. The standard InChI is InChI=1S/C45H48O12/c1-43(27-46,28-47)41(52)56-35-19-15-31(23-37(35)54-3)17-21-39(50)45(25-33-11-7-5-8-12-33,26-34-13-9-6-10-14-34)40(51)22-18-32-16-20-36(38(24-32)55-4)57-42(53)44(2,29-48)30-49/h5-24,46-49H,25-30H2,1-4H3/b21-17+,22-18+. The number of carbonyl (C=O) groups excluding carboxylic acids is 4. The second-order valence-electron chi connectivity index (χ2n) is 14.2. The highest BCUT2D eigenvalue weighted by atomic mass is 16.6. The number of ether oxygens (including phenoxy) is 4. The molecular formula is C45H48O12. The number of methoxy groups -OCH3 is 2. The quantitative estimate of drug-likeness (QED) is 0.0415. The molecule has 4 aromatic rings. The highest BCUT2D eigenvalue weighted by molar-refractivity contribution is 6.17. The fourth-order valence-corrected chi connectivity index (χ4v) is 5.63. The van der Waals surface area contributed by atoms with Crippen LogP contribution < -0.4 is 18.9 Å². The van der Waals surface area contributed by atoms with E-state index >= 15 is 0 Å². The van der Waals surface area contributed by atoms with Crippen LogP contribution in [-0.2, 0) is 32.0 Å². The molecule has 0 radical (unpaired) electrons. The number of hydrogen-bond donors (Lipinski definition) is 4. The predicted molar refractivity (Wildman–Crippen MR) is 213 cm³/mol. The lowest BCUT2D eigenvalue weighted by atomic mass is 9.69. The van der Waals surface area contributed by atoms with Crippen LogP contribution >= 0.6 is 0 Å². The number of benzene rings is 4. The van der Waals surface area contributed by atoms with Gasteiger partial charge in [0.2, 0.25) is 0 Å². The van der Waals surface area contributed by atoms with Gasteiger partial charge in [0.05, 0.1) is 40.6 Å². The van der Waals surface area contributed by atoms with Gasteiger partial charge in [-0.25, -0.2) is 0 Å². The summed E-state index contributed by atoms with van der Waals surface area (Å²) in [5.41, 5.74) is -2.18. The van der Waals surface area contributed by atoms with Crippen molar-refractivity contribution in [2.45, 2.75) is 26.7 Å². The molecule has 0 atom stereocenters. The van der Waals surface area contributed by atoms with Crippen molar-refractivity contribution >= 4 is 35.7 Å². The van der Waals surface area contributed by atoms with Gasteiger partial charge >= 0.3 is 11.9 Å². The Balaban J connectivity index is 1.73. The molecule has 57 heavy (non-hydrogen) atoms. The van der Waals surface area contributed by atoms with E-state index in [1.165, 1.54) is 64.5 Å². The number of carbonyl (C=O) groups is 4.